The number of hydrogen-bond donors (Lipinski definition) is 1. The topological polar surface area (TPSA) is 91.8 Å². The second kappa shape index (κ2) is 7.97. The van der Waals surface area contributed by atoms with E-state index in [0.29, 0.717) is 5.01 Å². The maximum Gasteiger partial charge on any atom is 0.418 e. The largest absolute Gasteiger partial charge is 0.418 e. The van der Waals surface area contributed by atoms with E-state index in [1.807, 2.05) is 0 Å². The maximum atomic E-state index is 12.8. The molecule has 0 aliphatic carbocycles. The van der Waals surface area contributed by atoms with Crippen molar-refractivity contribution in [2.24, 2.45) is 0 Å². The Hall–Kier alpha value is -2.95. The van der Waals surface area contributed by atoms with Gasteiger partial charge in [-0.2, -0.15) is 18.2 Å². The monoisotopic (exact) mass is 400 g/mol. The van der Waals surface area contributed by atoms with Gasteiger partial charge >= 0.3 is 6.18 Å². The molecule has 0 spiro atoms. The molecule has 0 fully saturated rings. The van der Waals surface area contributed by atoms with Gasteiger partial charge in [0, 0.05) is 24.6 Å². The predicted molar refractivity (Wildman–Crippen MR) is 91.2 cm³/mol. The molecule has 1 N–H and O–H groups in total. The molecule has 152 valence electrons. The van der Waals surface area contributed by atoms with Gasteiger partial charge in [0.25, 0.3) is 11.8 Å². The molecular weight excluding hydrogens is 381 g/mol. The first-order chi connectivity index (χ1) is 13.0. The molecule has 8 nitrogen and oxygen atoms in total. The average molecular weight is 400 g/mol. The Bertz CT molecular complexity index is 851. The van der Waals surface area contributed by atoms with E-state index in [1.165, 1.54) is 28.0 Å². The third kappa shape index (κ3) is 4.30. The third-order valence-corrected chi connectivity index (χ3v) is 4.27. The molecule has 1 aliphatic heterocycles. The summed E-state index contributed by atoms with van der Waals surface area (Å²) in [5, 5.41) is 1.67. The van der Waals surface area contributed by atoms with E-state index in [1.54, 1.807) is 0 Å². The van der Waals surface area contributed by atoms with Crippen molar-refractivity contribution < 1.29 is 32.4 Å². The number of halogens is 3. The Morgan fingerprint density at radius 2 is 1.89 bits per heavy atom. The van der Waals surface area contributed by atoms with Crippen LogP contribution in [-0.4, -0.2) is 46.9 Å². The van der Waals surface area contributed by atoms with Crippen LogP contribution in [0.3, 0.4) is 0 Å². The van der Waals surface area contributed by atoms with E-state index in [0.717, 1.165) is 17.2 Å². The lowest BCUT2D eigenvalue weighted by Crippen LogP contribution is -2.37. The number of carbonyl (C=O) groups excluding carboxylic acids is 3. The Kier molecular flexibility index (Phi) is 6.07. The van der Waals surface area contributed by atoms with Crippen LogP contribution in [0.25, 0.3) is 0 Å². The molecule has 3 amide bonds. The first kappa shape index (κ1) is 21.4. The summed E-state index contributed by atoms with van der Waals surface area (Å²) in [6.45, 7) is 2.61. The molecule has 0 aromatic carbocycles. The van der Waals surface area contributed by atoms with Gasteiger partial charge in [-0.3, -0.25) is 24.6 Å². The minimum absolute atomic E-state index is 0.0145. The van der Waals surface area contributed by atoms with Gasteiger partial charge in [0.15, 0.2) is 0 Å². The van der Waals surface area contributed by atoms with E-state index < -0.39 is 23.6 Å². The van der Waals surface area contributed by atoms with Crippen molar-refractivity contribution in [3.05, 3.63) is 34.5 Å². The van der Waals surface area contributed by atoms with Gasteiger partial charge < -0.3 is 0 Å². The number of hydroxylamine groups is 2. The van der Waals surface area contributed by atoms with Crippen molar-refractivity contribution in [3.8, 4) is 0 Å². The van der Waals surface area contributed by atoms with E-state index in [9.17, 15) is 27.6 Å². The molecule has 0 unspecified atom stereocenters. The van der Waals surface area contributed by atoms with Gasteiger partial charge in [-0.25, -0.2) is 10.0 Å². The maximum absolute atomic E-state index is 12.8. The molecule has 0 atom stereocenters. The van der Waals surface area contributed by atoms with Crippen molar-refractivity contribution in [2.45, 2.75) is 32.9 Å². The van der Waals surface area contributed by atoms with Gasteiger partial charge in [0.1, 0.15) is 5.82 Å². The first-order valence-corrected chi connectivity index (χ1v) is 8.18. The number of nitrogens with one attached hydrogen (secondary N) is 1. The molecule has 2 rings (SSSR count). The quantitative estimate of drug-likeness (QED) is 0.582. The number of imide groups is 1. The summed E-state index contributed by atoms with van der Waals surface area (Å²) in [5.41, 5.74) is 1.52. The van der Waals surface area contributed by atoms with E-state index >= 15 is 0 Å². The fraction of sp³-hybridized carbons (Fsp3) is 0.412. The summed E-state index contributed by atoms with van der Waals surface area (Å²) < 4.78 is 38.5. The zero-order valence-electron chi connectivity index (χ0n) is 15.7. The number of aryl methyl sites for hydroxylation is 1. The van der Waals surface area contributed by atoms with Crippen LogP contribution >= 0.6 is 0 Å². The zero-order chi connectivity index (χ0) is 21.2. The number of carbonyl (C=O) groups is 3. The molecule has 0 bridgehead atoms. The van der Waals surface area contributed by atoms with Crippen LogP contribution in [0.4, 0.5) is 19.0 Å². The van der Waals surface area contributed by atoms with Crippen LogP contribution in [-0.2, 0) is 25.4 Å². The Morgan fingerprint density at radius 1 is 1.25 bits per heavy atom. The molecule has 0 saturated carbocycles. The lowest BCUT2D eigenvalue weighted by Gasteiger charge is -2.18. The van der Waals surface area contributed by atoms with Crippen LogP contribution in [0.1, 0.15) is 31.0 Å². The number of aromatic nitrogens is 1. The van der Waals surface area contributed by atoms with Crippen molar-refractivity contribution in [2.75, 3.05) is 19.6 Å². The van der Waals surface area contributed by atoms with E-state index in [2.05, 4.69) is 10.4 Å². The minimum Gasteiger partial charge on any atom is -0.275 e. The molecule has 0 radical (unpaired) electrons. The van der Waals surface area contributed by atoms with Gasteiger partial charge in [-0.15, -0.1) is 0 Å². The van der Waals surface area contributed by atoms with Crippen LogP contribution in [0, 0.1) is 6.92 Å². The zero-order valence-corrected chi connectivity index (χ0v) is 15.7. The summed E-state index contributed by atoms with van der Waals surface area (Å²) in [5.74, 6) is -1.81. The Labute approximate surface area is 158 Å². The normalized spacial score (nSPS) is 14.8. The Balaban J connectivity index is 2.13. The summed E-state index contributed by atoms with van der Waals surface area (Å²) >= 11 is 0. The van der Waals surface area contributed by atoms with Crippen molar-refractivity contribution in [1.82, 2.24) is 15.1 Å². The first-order valence-electron chi connectivity index (χ1n) is 8.18. The number of alkyl halides is 3. The number of hydrogen-bond acceptors (Lipinski definition) is 6. The molecule has 0 saturated heterocycles. The number of amides is 3. The minimum atomic E-state index is -4.55. The van der Waals surface area contributed by atoms with Gasteiger partial charge in [0.05, 0.1) is 18.4 Å². The molecule has 1 aromatic rings. The third-order valence-electron chi connectivity index (χ3n) is 4.27. The standard InChI is InChI=1S/C17H19F3N4O4/c1-9-11(5-8-14(25)23(3)28-4)16(27)24(15(9)26)22-13-7-6-12(10(2)21-13)17(18,19)20/h6-7H,5,8H2,1-4H3,(H,21,22). The molecule has 28 heavy (non-hydrogen) atoms. The molecule has 11 heteroatoms. The second-order valence-electron chi connectivity index (χ2n) is 6.06. The van der Waals surface area contributed by atoms with Crippen molar-refractivity contribution >= 4 is 23.5 Å². The van der Waals surface area contributed by atoms with Crippen molar-refractivity contribution in [1.29, 1.82) is 0 Å². The number of rotatable bonds is 6. The smallest absolute Gasteiger partial charge is 0.275 e. The van der Waals surface area contributed by atoms with Crippen LogP contribution in [0.15, 0.2) is 23.3 Å². The van der Waals surface area contributed by atoms with E-state index in [-0.39, 0.29) is 41.4 Å². The molecule has 1 aliphatic rings. The molecular formula is C17H19F3N4O4. The highest BCUT2D eigenvalue weighted by Crippen LogP contribution is 2.32. The van der Waals surface area contributed by atoms with E-state index in [4.69, 9.17) is 4.84 Å². The van der Waals surface area contributed by atoms with Gasteiger partial charge in [-0.05, 0) is 32.4 Å². The summed E-state index contributed by atoms with van der Waals surface area (Å²) in [4.78, 5) is 45.2. The summed E-state index contributed by atoms with van der Waals surface area (Å²) in [6, 6.07) is 1.84. The lowest BCUT2D eigenvalue weighted by molar-refractivity contribution is -0.168. The molecule has 2 heterocycles. The average Bonchev–Trinajstić information content (AvgIpc) is 2.81. The van der Waals surface area contributed by atoms with Gasteiger partial charge in [-0.1, -0.05) is 0 Å². The van der Waals surface area contributed by atoms with Crippen LogP contribution in [0.5, 0.6) is 0 Å². The number of nitrogens with zero attached hydrogens (tertiary/aromatic N) is 3. The number of hydrazine groups is 1. The highest BCUT2D eigenvalue weighted by molar-refractivity contribution is 6.19. The number of anilines is 1. The lowest BCUT2D eigenvalue weighted by atomic mass is 10.1. The fourth-order valence-electron chi connectivity index (χ4n) is 2.61. The molecule has 1 aromatic heterocycles. The predicted octanol–water partition coefficient (Wildman–Crippen LogP) is 2.22. The second-order valence-corrected chi connectivity index (χ2v) is 6.06. The van der Waals surface area contributed by atoms with Gasteiger partial charge in [0.2, 0.25) is 5.91 Å². The Morgan fingerprint density at radius 3 is 2.43 bits per heavy atom. The SMILES string of the molecule is CON(C)C(=O)CCC1=C(C)C(=O)N(Nc2ccc(C(F)(F)F)c(C)n2)C1=O. The fourth-order valence-corrected chi connectivity index (χ4v) is 2.61. The number of pyridine rings is 1. The highest BCUT2D eigenvalue weighted by atomic mass is 19.4. The van der Waals surface area contributed by atoms with Crippen molar-refractivity contribution in [3.63, 3.8) is 0 Å². The summed E-state index contributed by atoms with van der Waals surface area (Å²) in [6.07, 6.45) is -4.59. The summed E-state index contributed by atoms with van der Waals surface area (Å²) in [7, 11) is 2.73. The highest BCUT2D eigenvalue weighted by Gasteiger charge is 2.37. The van der Waals surface area contributed by atoms with Crippen LogP contribution < -0.4 is 5.43 Å². The van der Waals surface area contributed by atoms with Crippen LogP contribution in [0.2, 0.25) is 0 Å².